The van der Waals surface area contributed by atoms with E-state index < -0.39 is 18.0 Å². The monoisotopic (exact) mass is 369 g/mol. The van der Waals surface area contributed by atoms with Gasteiger partial charge >= 0.3 is 5.97 Å². The molecule has 1 aromatic heterocycles. The maximum atomic E-state index is 12.4. The second-order valence-corrected chi connectivity index (χ2v) is 5.75. The summed E-state index contributed by atoms with van der Waals surface area (Å²) in [5.41, 5.74) is 0.983. The first-order chi connectivity index (χ1) is 13.0. The molecule has 0 fully saturated rings. The summed E-state index contributed by atoms with van der Waals surface area (Å²) in [5.74, 6) is -0.176. The van der Waals surface area contributed by atoms with Crippen molar-refractivity contribution in [1.29, 1.82) is 0 Å². The predicted molar refractivity (Wildman–Crippen MR) is 99.3 cm³/mol. The molecule has 0 aliphatic rings. The summed E-state index contributed by atoms with van der Waals surface area (Å²) < 4.78 is 21.0. The third kappa shape index (κ3) is 4.03. The number of furan rings is 1. The number of benzene rings is 2. The summed E-state index contributed by atoms with van der Waals surface area (Å²) >= 11 is 0. The molecule has 1 heterocycles. The quantitative estimate of drug-likeness (QED) is 0.668. The van der Waals surface area contributed by atoms with Crippen molar-refractivity contribution >= 4 is 28.5 Å². The predicted octanol–water partition coefficient (Wildman–Crippen LogP) is 3.63. The highest BCUT2D eigenvalue weighted by atomic mass is 16.6. The van der Waals surface area contributed by atoms with Gasteiger partial charge in [0, 0.05) is 11.5 Å². The molecule has 2 aromatic carbocycles. The average molecular weight is 369 g/mol. The SMILES string of the molecule is COc1ccc(OC)c(NC(=O)[C@H](C)OC(=O)c2cc3ccccc3o2)c1. The lowest BCUT2D eigenvalue weighted by molar-refractivity contribution is -0.123. The van der Waals surface area contributed by atoms with E-state index in [1.807, 2.05) is 12.1 Å². The van der Waals surface area contributed by atoms with Crippen LogP contribution in [0.2, 0.25) is 0 Å². The van der Waals surface area contributed by atoms with Crippen LogP contribution >= 0.6 is 0 Å². The average Bonchev–Trinajstić information content (AvgIpc) is 3.12. The number of ether oxygens (including phenoxy) is 3. The second-order valence-electron chi connectivity index (χ2n) is 5.75. The van der Waals surface area contributed by atoms with Crippen LogP contribution in [0.1, 0.15) is 17.5 Å². The minimum Gasteiger partial charge on any atom is -0.497 e. The lowest BCUT2D eigenvalue weighted by Gasteiger charge is -2.15. The molecular formula is C20H19NO6. The zero-order valence-corrected chi connectivity index (χ0v) is 15.1. The number of hydrogen-bond acceptors (Lipinski definition) is 6. The van der Waals surface area contributed by atoms with Crippen molar-refractivity contribution < 1.29 is 28.2 Å². The fourth-order valence-corrected chi connectivity index (χ4v) is 2.50. The van der Waals surface area contributed by atoms with Gasteiger partial charge in [0.15, 0.2) is 6.10 Å². The largest absolute Gasteiger partial charge is 0.497 e. The molecule has 0 saturated heterocycles. The van der Waals surface area contributed by atoms with Crippen molar-refractivity contribution in [2.45, 2.75) is 13.0 Å². The molecule has 140 valence electrons. The molecule has 0 aliphatic carbocycles. The molecule has 0 bridgehead atoms. The number of nitrogens with one attached hydrogen (secondary N) is 1. The Morgan fingerprint density at radius 1 is 1.04 bits per heavy atom. The first-order valence-corrected chi connectivity index (χ1v) is 8.24. The van der Waals surface area contributed by atoms with Gasteiger partial charge in [-0.05, 0) is 31.2 Å². The summed E-state index contributed by atoms with van der Waals surface area (Å²) in [4.78, 5) is 24.7. The zero-order chi connectivity index (χ0) is 19.4. The number of para-hydroxylation sites is 1. The van der Waals surface area contributed by atoms with Gasteiger partial charge in [-0.15, -0.1) is 0 Å². The maximum absolute atomic E-state index is 12.4. The van der Waals surface area contributed by atoms with E-state index in [4.69, 9.17) is 18.6 Å². The van der Waals surface area contributed by atoms with Gasteiger partial charge in [-0.3, -0.25) is 4.79 Å². The minimum absolute atomic E-state index is 0.0369. The Morgan fingerprint density at radius 3 is 2.52 bits per heavy atom. The third-order valence-corrected chi connectivity index (χ3v) is 3.94. The number of fused-ring (bicyclic) bond motifs is 1. The number of amides is 1. The van der Waals surface area contributed by atoms with Gasteiger partial charge in [-0.2, -0.15) is 0 Å². The van der Waals surface area contributed by atoms with Gasteiger partial charge in [0.05, 0.1) is 19.9 Å². The van der Waals surface area contributed by atoms with Crippen LogP contribution in [0.3, 0.4) is 0 Å². The third-order valence-electron chi connectivity index (χ3n) is 3.94. The lowest BCUT2D eigenvalue weighted by atomic mass is 10.2. The van der Waals surface area contributed by atoms with Crippen LogP contribution in [0.4, 0.5) is 5.69 Å². The Kier molecular flexibility index (Phi) is 5.30. The highest BCUT2D eigenvalue weighted by Gasteiger charge is 2.22. The summed E-state index contributed by atoms with van der Waals surface area (Å²) in [6, 6.07) is 13.8. The summed E-state index contributed by atoms with van der Waals surface area (Å²) in [7, 11) is 3.01. The number of esters is 1. The van der Waals surface area contributed by atoms with Crippen molar-refractivity contribution in [2.24, 2.45) is 0 Å². The number of hydrogen-bond donors (Lipinski definition) is 1. The first-order valence-electron chi connectivity index (χ1n) is 8.24. The van der Waals surface area contributed by atoms with Gasteiger partial charge in [0.2, 0.25) is 5.76 Å². The molecule has 0 saturated carbocycles. The Hall–Kier alpha value is -3.48. The molecule has 7 nitrogen and oxygen atoms in total. The number of carbonyl (C=O) groups is 2. The molecule has 1 atom stereocenters. The van der Waals surface area contributed by atoms with E-state index in [1.165, 1.54) is 21.1 Å². The Labute approximate surface area is 155 Å². The molecule has 1 amide bonds. The molecule has 0 unspecified atom stereocenters. The summed E-state index contributed by atoms with van der Waals surface area (Å²) in [6.45, 7) is 1.47. The number of anilines is 1. The van der Waals surface area contributed by atoms with Crippen molar-refractivity contribution in [3.05, 3.63) is 54.3 Å². The van der Waals surface area contributed by atoms with E-state index in [0.29, 0.717) is 22.8 Å². The molecule has 0 radical (unpaired) electrons. The lowest BCUT2D eigenvalue weighted by Crippen LogP contribution is -2.30. The van der Waals surface area contributed by atoms with Gasteiger partial charge in [-0.25, -0.2) is 4.79 Å². The Balaban J connectivity index is 1.69. The zero-order valence-electron chi connectivity index (χ0n) is 15.1. The van der Waals surface area contributed by atoms with E-state index in [0.717, 1.165) is 5.39 Å². The van der Waals surface area contributed by atoms with Gasteiger partial charge in [0.25, 0.3) is 5.91 Å². The molecule has 0 spiro atoms. The number of carbonyl (C=O) groups excluding carboxylic acids is 2. The fourth-order valence-electron chi connectivity index (χ4n) is 2.50. The summed E-state index contributed by atoms with van der Waals surface area (Å²) in [6.07, 6.45) is -1.04. The van der Waals surface area contributed by atoms with Crippen LogP contribution in [0.15, 0.2) is 52.9 Å². The van der Waals surface area contributed by atoms with Crippen LogP contribution in [0.5, 0.6) is 11.5 Å². The van der Waals surface area contributed by atoms with Crippen LogP contribution < -0.4 is 14.8 Å². The first kappa shape index (κ1) is 18.3. The highest BCUT2D eigenvalue weighted by Crippen LogP contribution is 2.29. The number of methoxy groups -OCH3 is 2. The molecule has 27 heavy (non-hydrogen) atoms. The highest BCUT2D eigenvalue weighted by molar-refractivity contribution is 5.98. The molecular weight excluding hydrogens is 350 g/mol. The molecule has 3 aromatic rings. The van der Waals surface area contributed by atoms with Gasteiger partial charge in [-0.1, -0.05) is 18.2 Å². The smallest absolute Gasteiger partial charge is 0.375 e. The van der Waals surface area contributed by atoms with Gasteiger partial charge in [0.1, 0.15) is 17.1 Å². The van der Waals surface area contributed by atoms with Crippen molar-refractivity contribution in [1.82, 2.24) is 0 Å². The van der Waals surface area contributed by atoms with E-state index in [2.05, 4.69) is 5.32 Å². The minimum atomic E-state index is -1.04. The number of rotatable bonds is 6. The van der Waals surface area contributed by atoms with E-state index >= 15 is 0 Å². The standard InChI is InChI=1S/C20H19NO6/c1-12(19(22)21-15-11-14(24-2)8-9-17(15)25-3)26-20(23)18-10-13-6-4-5-7-16(13)27-18/h4-12H,1-3H3,(H,21,22)/t12-/m0/s1. The molecule has 0 aliphatic heterocycles. The van der Waals surface area contributed by atoms with Gasteiger partial charge < -0.3 is 23.9 Å². The van der Waals surface area contributed by atoms with Crippen LogP contribution in [-0.2, 0) is 9.53 Å². The second kappa shape index (κ2) is 7.82. The van der Waals surface area contributed by atoms with Crippen molar-refractivity contribution in [3.8, 4) is 11.5 Å². The van der Waals surface area contributed by atoms with E-state index in [9.17, 15) is 9.59 Å². The van der Waals surface area contributed by atoms with Crippen LogP contribution in [-0.4, -0.2) is 32.2 Å². The van der Waals surface area contributed by atoms with E-state index in [-0.39, 0.29) is 5.76 Å². The molecule has 1 N–H and O–H groups in total. The summed E-state index contributed by atoms with van der Waals surface area (Å²) in [5, 5.41) is 3.45. The Morgan fingerprint density at radius 2 is 1.81 bits per heavy atom. The molecule has 7 heteroatoms. The van der Waals surface area contributed by atoms with Crippen molar-refractivity contribution in [3.63, 3.8) is 0 Å². The van der Waals surface area contributed by atoms with Crippen LogP contribution in [0, 0.1) is 0 Å². The normalized spacial score (nSPS) is 11.7. The molecule has 3 rings (SSSR count). The van der Waals surface area contributed by atoms with E-state index in [1.54, 1.807) is 36.4 Å². The maximum Gasteiger partial charge on any atom is 0.375 e. The Bertz CT molecular complexity index is 945. The van der Waals surface area contributed by atoms with Crippen LogP contribution in [0.25, 0.3) is 11.0 Å². The van der Waals surface area contributed by atoms with Crippen molar-refractivity contribution in [2.75, 3.05) is 19.5 Å². The topological polar surface area (TPSA) is 87.0 Å². The fraction of sp³-hybridized carbons (Fsp3) is 0.200.